The smallest absolute Gasteiger partial charge is 0.230 e. The summed E-state index contributed by atoms with van der Waals surface area (Å²) in [6.45, 7) is 6.26. The van der Waals surface area contributed by atoms with Crippen LogP contribution in [0.4, 0.5) is 11.5 Å². The summed E-state index contributed by atoms with van der Waals surface area (Å²) in [5.74, 6) is 0.530. The van der Waals surface area contributed by atoms with Gasteiger partial charge in [0.05, 0.1) is 18.3 Å². The number of nitrogens with zero attached hydrogens (tertiary/aromatic N) is 1. The lowest BCUT2D eigenvalue weighted by molar-refractivity contribution is -0.115. The van der Waals surface area contributed by atoms with Crippen LogP contribution in [0.5, 0.6) is 0 Å². The summed E-state index contributed by atoms with van der Waals surface area (Å²) in [4.78, 5) is 17.1. The molecule has 20 heavy (non-hydrogen) atoms. The molecular formula is C15H19N3OS. The van der Waals surface area contributed by atoms with Gasteiger partial charge in [0.15, 0.2) is 0 Å². The molecule has 0 spiro atoms. The van der Waals surface area contributed by atoms with E-state index in [1.807, 2.05) is 23.6 Å². The number of amides is 1. The second kappa shape index (κ2) is 6.05. The third-order valence-electron chi connectivity index (χ3n) is 2.47. The second-order valence-electron chi connectivity index (χ2n) is 5.61. The normalized spacial score (nSPS) is 11.2. The van der Waals surface area contributed by atoms with Gasteiger partial charge in [-0.05, 0) is 44.4 Å². The number of anilines is 2. The lowest BCUT2D eigenvalue weighted by Crippen LogP contribution is -2.26. The molecule has 2 rings (SSSR count). The Morgan fingerprint density at radius 2 is 2.10 bits per heavy atom. The highest BCUT2D eigenvalue weighted by atomic mass is 32.1. The van der Waals surface area contributed by atoms with E-state index in [1.54, 1.807) is 23.6 Å². The van der Waals surface area contributed by atoms with Gasteiger partial charge >= 0.3 is 0 Å². The Hall–Kier alpha value is -1.88. The number of hydrogen-bond acceptors (Lipinski definition) is 4. The van der Waals surface area contributed by atoms with Crippen LogP contribution in [0.25, 0.3) is 0 Å². The lowest BCUT2D eigenvalue weighted by Gasteiger charge is -2.21. The first kappa shape index (κ1) is 14.5. The predicted octanol–water partition coefficient (Wildman–Crippen LogP) is 3.53. The summed E-state index contributed by atoms with van der Waals surface area (Å²) in [5, 5.41) is 8.09. The number of carbonyl (C=O) groups is 1. The van der Waals surface area contributed by atoms with E-state index in [2.05, 4.69) is 36.4 Å². The highest BCUT2D eigenvalue weighted by molar-refractivity contribution is 7.10. The van der Waals surface area contributed by atoms with Crippen LogP contribution in [-0.2, 0) is 11.2 Å². The van der Waals surface area contributed by atoms with E-state index in [9.17, 15) is 4.79 Å². The van der Waals surface area contributed by atoms with E-state index in [-0.39, 0.29) is 11.4 Å². The molecule has 0 aliphatic carbocycles. The maximum absolute atomic E-state index is 11.8. The lowest BCUT2D eigenvalue weighted by atomic mass is 10.1. The molecule has 2 N–H and O–H groups in total. The predicted molar refractivity (Wildman–Crippen MR) is 84.3 cm³/mol. The van der Waals surface area contributed by atoms with E-state index in [4.69, 9.17) is 0 Å². The SMILES string of the molecule is CC(C)(C)Nc1ccc(NC(=O)Cc2cccs2)nc1. The van der Waals surface area contributed by atoms with Crippen LogP contribution in [0.1, 0.15) is 25.6 Å². The molecule has 0 bridgehead atoms. The molecule has 4 nitrogen and oxygen atoms in total. The highest BCUT2D eigenvalue weighted by Crippen LogP contribution is 2.16. The summed E-state index contributed by atoms with van der Waals surface area (Å²) >= 11 is 1.58. The quantitative estimate of drug-likeness (QED) is 0.905. The number of hydrogen-bond donors (Lipinski definition) is 2. The maximum Gasteiger partial charge on any atom is 0.230 e. The summed E-state index contributed by atoms with van der Waals surface area (Å²) in [6, 6.07) is 7.62. The number of nitrogens with one attached hydrogen (secondary N) is 2. The first-order valence-electron chi connectivity index (χ1n) is 6.49. The van der Waals surface area contributed by atoms with E-state index >= 15 is 0 Å². The monoisotopic (exact) mass is 289 g/mol. The molecule has 106 valence electrons. The topological polar surface area (TPSA) is 54.0 Å². The molecule has 0 aromatic carbocycles. The van der Waals surface area contributed by atoms with Gasteiger partial charge in [0.25, 0.3) is 0 Å². The molecule has 0 radical (unpaired) electrons. The second-order valence-corrected chi connectivity index (χ2v) is 6.64. The Morgan fingerprint density at radius 3 is 2.65 bits per heavy atom. The van der Waals surface area contributed by atoms with E-state index in [1.165, 1.54) is 0 Å². The third kappa shape index (κ3) is 4.66. The molecule has 2 heterocycles. The van der Waals surface area contributed by atoms with Gasteiger partial charge in [-0.3, -0.25) is 4.79 Å². The Kier molecular flexibility index (Phi) is 4.39. The van der Waals surface area contributed by atoms with Gasteiger partial charge in [-0.25, -0.2) is 4.98 Å². The number of aromatic nitrogens is 1. The Morgan fingerprint density at radius 1 is 1.30 bits per heavy atom. The Bertz CT molecular complexity index is 556. The molecule has 2 aromatic heterocycles. The minimum absolute atomic E-state index is 0.00832. The van der Waals surface area contributed by atoms with Crippen molar-refractivity contribution < 1.29 is 4.79 Å². The minimum atomic E-state index is -0.0449. The number of pyridine rings is 1. The van der Waals surface area contributed by atoms with Crippen molar-refractivity contribution >= 4 is 28.7 Å². The Balaban J connectivity index is 1.92. The van der Waals surface area contributed by atoms with Crippen molar-refractivity contribution in [2.75, 3.05) is 10.6 Å². The zero-order valence-electron chi connectivity index (χ0n) is 11.9. The zero-order chi connectivity index (χ0) is 14.6. The molecule has 0 unspecified atom stereocenters. The average molecular weight is 289 g/mol. The standard InChI is InChI=1S/C15H19N3OS/c1-15(2,3)18-11-6-7-13(16-10-11)17-14(19)9-12-5-4-8-20-12/h4-8,10,18H,9H2,1-3H3,(H,16,17,19). The average Bonchev–Trinajstić information content (AvgIpc) is 2.82. The molecule has 1 amide bonds. The highest BCUT2D eigenvalue weighted by Gasteiger charge is 2.10. The molecule has 5 heteroatoms. The van der Waals surface area contributed by atoms with Gasteiger partial charge in [0.2, 0.25) is 5.91 Å². The van der Waals surface area contributed by atoms with Crippen LogP contribution < -0.4 is 10.6 Å². The maximum atomic E-state index is 11.8. The fourth-order valence-corrected chi connectivity index (χ4v) is 2.44. The first-order valence-corrected chi connectivity index (χ1v) is 7.37. The number of thiophene rings is 1. The van der Waals surface area contributed by atoms with Crippen molar-refractivity contribution in [1.29, 1.82) is 0 Å². The van der Waals surface area contributed by atoms with Crippen LogP contribution in [0.15, 0.2) is 35.8 Å². The van der Waals surface area contributed by atoms with Gasteiger partial charge in [-0.2, -0.15) is 0 Å². The molecular weight excluding hydrogens is 270 g/mol. The van der Waals surface area contributed by atoms with Crippen LogP contribution in [0.3, 0.4) is 0 Å². The molecule has 0 aliphatic rings. The first-order chi connectivity index (χ1) is 9.42. The summed E-state index contributed by atoms with van der Waals surface area (Å²) < 4.78 is 0. The largest absolute Gasteiger partial charge is 0.379 e. The molecule has 0 atom stereocenters. The fourth-order valence-electron chi connectivity index (χ4n) is 1.73. The molecule has 0 saturated carbocycles. The molecule has 0 saturated heterocycles. The van der Waals surface area contributed by atoms with Crippen molar-refractivity contribution in [3.63, 3.8) is 0 Å². The van der Waals surface area contributed by atoms with Gasteiger partial charge in [-0.15, -0.1) is 11.3 Å². The van der Waals surface area contributed by atoms with E-state index in [0.29, 0.717) is 12.2 Å². The van der Waals surface area contributed by atoms with Gasteiger partial charge in [0, 0.05) is 10.4 Å². The van der Waals surface area contributed by atoms with Gasteiger partial charge in [0.1, 0.15) is 5.82 Å². The van der Waals surface area contributed by atoms with Crippen molar-refractivity contribution in [2.24, 2.45) is 0 Å². The third-order valence-corrected chi connectivity index (χ3v) is 3.34. The van der Waals surface area contributed by atoms with Crippen molar-refractivity contribution in [3.05, 3.63) is 40.7 Å². The molecule has 2 aromatic rings. The van der Waals surface area contributed by atoms with Gasteiger partial charge < -0.3 is 10.6 Å². The van der Waals surface area contributed by atoms with Crippen LogP contribution in [0, 0.1) is 0 Å². The fraction of sp³-hybridized carbons (Fsp3) is 0.333. The summed E-state index contributed by atoms with van der Waals surface area (Å²) in [6.07, 6.45) is 2.12. The van der Waals surface area contributed by atoms with Crippen molar-refractivity contribution in [1.82, 2.24) is 4.98 Å². The number of carbonyl (C=O) groups excluding carboxylic acids is 1. The summed E-state index contributed by atoms with van der Waals surface area (Å²) in [5.41, 5.74) is 0.930. The van der Waals surface area contributed by atoms with Crippen LogP contribution >= 0.6 is 11.3 Å². The molecule has 0 aliphatic heterocycles. The number of rotatable bonds is 4. The van der Waals surface area contributed by atoms with Crippen molar-refractivity contribution in [2.45, 2.75) is 32.7 Å². The Labute approximate surface area is 123 Å². The van der Waals surface area contributed by atoms with Crippen molar-refractivity contribution in [3.8, 4) is 0 Å². The van der Waals surface area contributed by atoms with Crippen LogP contribution in [0.2, 0.25) is 0 Å². The van der Waals surface area contributed by atoms with Gasteiger partial charge in [-0.1, -0.05) is 6.07 Å². The molecule has 0 fully saturated rings. The zero-order valence-corrected chi connectivity index (χ0v) is 12.8. The van der Waals surface area contributed by atoms with Crippen LogP contribution in [-0.4, -0.2) is 16.4 Å². The minimum Gasteiger partial charge on any atom is -0.379 e. The summed E-state index contributed by atoms with van der Waals surface area (Å²) in [7, 11) is 0. The van der Waals surface area contributed by atoms with E-state index in [0.717, 1.165) is 10.6 Å². The van der Waals surface area contributed by atoms with E-state index < -0.39 is 0 Å².